The Balaban J connectivity index is 2.02. The monoisotopic (exact) mass is 337 g/mol. The molecule has 0 aromatic heterocycles. The lowest BCUT2D eigenvalue weighted by Crippen LogP contribution is -2.32. The van der Waals surface area contributed by atoms with Crippen molar-refractivity contribution < 1.29 is 14.3 Å². The number of hydrogen-bond donors (Lipinski definition) is 1. The SMILES string of the molecule is COc1ccc(NC(=O)CCN(C(C)=O)c2ccccc2C#N)cc1. The zero-order chi connectivity index (χ0) is 18.2. The van der Waals surface area contributed by atoms with Gasteiger partial charge in [-0.1, -0.05) is 12.1 Å². The highest BCUT2D eigenvalue weighted by Crippen LogP contribution is 2.20. The van der Waals surface area contributed by atoms with Gasteiger partial charge in [-0.25, -0.2) is 0 Å². The maximum Gasteiger partial charge on any atom is 0.226 e. The summed E-state index contributed by atoms with van der Waals surface area (Å²) >= 11 is 0. The Morgan fingerprint density at radius 1 is 1.16 bits per heavy atom. The van der Waals surface area contributed by atoms with Gasteiger partial charge in [0.2, 0.25) is 11.8 Å². The van der Waals surface area contributed by atoms with Gasteiger partial charge < -0.3 is 15.0 Å². The van der Waals surface area contributed by atoms with Crippen molar-refractivity contribution in [1.82, 2.24) is 0 Å². The van der Waals surface area contributed by atoms with Crippen LogP contribution in [0.5, 0.6) is 5.75 Å². The van der Waals surface area contributed by atoms with Crippen molar-refractivity contribution in [3.05, 3.63) is 54.1 Å². The fourth-order valence-corrected chi connectivity index (χ4v) is 2.36. The second-order valence-electron chi connectivity index (χ2n) is 5.33. The topological polar surface area (TPSA) is 82.4 Å². The van der Waals surface area contributed by atoms with Crippen LogP contribution in [0.25, 0.3) is 0 Å². The Kier molecular flexibility index (Phi) is 6.13. The highest BCUT2D eigenvalue weighted by Gasteiger charge is 2.16. The van der Waals surface area contributed by atoms with Crippen molar-refractivity contribution in [1.29, 1.82) is 5.26 Å². The van der Waals surface area contributed by atoms with Crippen LogP contribution in [0.4, 0.5) is 11.4 Å². The number of rotatable bonds is 6. The summed E-state index contributed by atoms with van der Waals surface area (Å²) in [7, 11) is 1.57. The second-order valence-corrected chi connectivity index (χ2v) is 5.33. The molecular formula is C19H19N3O3. The van der Waals surface area contributed by atoms with Crippen LogP contribution >= 0.6 is 0 Å². The Morgan fingerprint density at radius 3 is 2.44 bits per heavy atom. The largest absolute Gasteiger partial charge is 0.497 e. The first kappa shape index (κ1) is 18.0. The summed E-state index contributed by atoms with van der Waals surface area (Å²) in [5, 5.41) is 12.0. The maximum absolute atomic E-state index is 12.1. The number of nitriles is 1. The average Bonchev–Trinajstić information content (AvgIpc) is 2.62. The average molecular weight is 337 g/mol. The number of amides is 2. The highest BCUT2D eigenvalue weighted by molar-refractivity contribution is 5.95. The van der Waals surface area contributed by atoms with E-state index in [1.165, 1.54) is 11.8 Å². The summed E-state index contributed by atoms with van der Waals surface area (Å²) in [5.41, 5.74) is 1.56. The van der Waals surface area contributed by atoms with E-state index < -0.39 is 0 Å². The van der Waals surface area contributed by atoms with E-state index in [2.05, 4.69) is 11.4 Å². The third-order valence-corrected chi connectivity index (χ3v) is 3.63. The molecule has 2 aromatic carbocycles. The van der Waals surface area contributed by atoms with Crippen molar-refractivity contribution >= 4 is 23.2 Å². The molecule has 128 valence electrons. The predicted octanol–water partition coefficient (Wildman–Crippen LogP) is 2.95. The summed E-state index contributed by atoms with van der Waals surface area (Å²) < 4.78 is 5.07. The molecule has 0 saturated carbocycles. The molecule has 2 aromatic rings. The van der Waals surface area contributed by atoms with Gasteiger partial charge in [0, 0.05) is 25.6 Å². The lowest BCUT2D eigenvalue weighted by atomic mass is 10.1. The standard InChI is InChI=1S/C19H19N3O3/c1-14(23)22(18-6-4-3-5-15(18)13-20)12-11-19(24)21-16-7-9-17(25-2)10-8-16/h3-10H,11-12H2,1-2H3,(H,21,24). The normalized spacial score (nSPS) is 9.80. The summed E-state index contributed by atoms with van der Waals surface area (Å²) in [6, 6.07) is 15.9. The van der Waals surface area contributed by atoms with Crippen LogP contribution in [-0.4, -0.2) is 25.5 Å². The summed E-state index contributed by atoms with van der Waals surface area (Å²) in [4.78, 5) is 25.5. The number of hydrogen-bond acceptors (Lipinski definition) is 4. The van der Waals surface area contributed by atoms with Crippen molar-refractivity contribution in [2.45, 2.75) is 13.3 Å². The number of para-hydroxylation sites is 1. The van der Waals surface area contributed by atoms with Crippen LogP contribution in [-0.2, 0) is 9.59 Å². The Labute approximate surface area is 146 Å². The van der Waals surface area contributed by atoms with E-state index >= 15 is 0 Å². The number of carbonyl (C=O) groups excluding carboxylic acids is 2. The first-order chi connectivity index (χ1) is 12.0. The fraction of sp³-hybridized carbons (Fsp3) is 0.211. The smallest absolute Gasteiger partial charge is 0.226 e. The van der Waals surface area contributed by atoms with Crippen LogP contribution in [0.2, 0.25) is 0 Å². The summed E-state index contributed by atoms with van der Waals surface area (Å²) in [5.74, 6) is 0.264. The van der Waals surface area contributed by atoms with E-state index in [0.717, 1.165) is 0 Å². The number of ether oxygens (including phenoxy) is 1. The van der Waals surface area contributed by atoms with E-state index in [0.29, 0.717) is 22.7 Å². The molecular weight excluding hydrogens is 318 g/mol. The number of nitrogens with zero attached hydrogens (tertiary/aromatic N) is 2. The highest BCUT2D eigenvalue weighted by atomic mass is 16.5. The number of anilines is 2. The molecule has 0 atom stereocenters. The minimum absolute atomic E-state index is 0.116. The van der Waals surface area contributed by atoms with Crippen LogP contribution in [0, 0.1) is 11.3 Å². The van der Waals surface area contributed by atoms with E-state index in [-0.39, 0.29) is 24.8 Å². The minimum Gasteiger partial charge on any atom is -0.497 e. The lowest BCUT2D eigenvalue weighted by molar-refractivity contribution is -0.117. The van der Waals surface area contributed by atoms with Crippen LogP contribution < -0.4 is 15.0 Å². The molecule has 0 radical (unpaired) electrons. The maximum atomic E-state index is 12.1. The Hall–Kier alpha value is -3.33. The molecule has 2 amide bonds. The van der Waals surface area contributed by atoms with Gasteiger partial charge in [-0.05, 0) is 36.4 Å². The van der Waals surface area contributed by atoms with Gasteiger partial charge in [0.05, 0.1) is 18.4 Å². The van der Waals surface area contributed by atoms with Crippen molar-refractivity contribution in [3.8, 4) is 11.8 Å². The zero-order valence-electron chi connectivity index (χ0n) is 14.2. The van der Waals surface area contributed by atoms with Crippen LogP contribution in [0.3, 0.4) is 0 Å². The molecule has 2 rings (SSSR count). The van der Waals surface area contributed by atoms with Crippen LogP contribution in [0.1, 0.15) is 18.9 Å². The van der Waals surface area contributed by atoms with Crippen molar-refractivity contribution in [2.75, 3.05) is 23.9 Å². The molecule has 0 bridgehead atoms. The number of benzene rings is 2. The first-order valence-electron chi connectivity index (χ1n) is 7.76. The van der Waals surface area contributed by atoms with E-state index in [1.54, 1.807) is 55.6 Å². The van der Waals surface area contributed by atoms with Gasteiger partial charge in [0.1, 0.15) is 11.8 Å². The zero-order valence-corrected chi connectivity index (χ0v) is 14.2. The van der Waals surface area contributed by atoms with E-state index in [1.807, 2.05) is 0 Å². The quantitative estimate of drug-likeness (QED) is 0.878. The predicted molar refractivity (Wildman–Crippen MR) is 95.4 cm³/mol. The molecule has 0 heterocycles. The van der Waals surface area contributed by atoms with Gasteiger partial charge in [-0.3, -0.25) is 9.59 Å². The second kappa shape index (κ2) is 8.50. The minimum atomic E-state index is -0.222. The molecule has 0 saturated heterocycles. The summed E-state index contributed by atoms with van der Waals surface area (Å²) in [6.45, 7) is 1.60. The third kappa shape index (κ3) is 4.82. The number of methoxy groups -OCH3 is 1. The molecule has 25 heavy (non-hydrogen) atoms. The van der Waals surface area contributed by atoms with E-state index in [4.69, 9.17) is 4.74 Å². The van der Waals surface area contributed by atoms with E-state index in [9.17, 15) is 14.9 Å². The number of nitrogens with one attached hydrogen (secondary N) is 1. The van der Waals surface area contributed by atoms with Gasteiger partial charge in [0.15, 0.2) is 0 Å². The molecule has 0 fully saturated rings. The molecule has 6 nitrogen and oxygen atoms in total. The van der Waals surface area contributed by atoms with Crippen LogP contribution in [0.15, 0.2) is 48.5 Å². The Bertz CT molecular complexity index is 794. The molecule has 6 heteroatoms. The number of carbonyl (C=O) groups is 2. The van der Waals surface area contributed by atoms with Crippen molar-refractivity contribution in [2.24, 2.45) is 0 Å². The van der Waals surface area contributed by atoms with Gasteiger partial charge >= 0.3 is 0 Å². The Morgan fingerprint density at radius 2 is 1.84 bits per heavy atom. The molecule has 0 aliphatic heterocycles. The molecule has 0 spiro atoms. The molecule has 1 N–H and O–H groups in total. The lowest BCUT2D eigenvalue weighted by Gasteiger charge is -2.22. The van der Waals surface area contributed by atoms with Crippen molar-refractivity contribution in [3.63, 3.8) is 0 Å². The van der Waals surface area contributed by atoms with Gasteiger partial charge in [0.25, 0.3) is 0 Å². The van der Waals surface area contributed by atoms with Gasteiger partial charge in [-0.2, -0.15) is 5.26 Å². The summed E-state index contributed by atoms with van der Waals surface area (Å²) in [6.07, 6.45) is 0.116. The molecule has 0 aliphatic rings. The first-order valence-corrected chi connectivity index (χ1v) is 7.76. The fourth-order valence-electron chi connectivity index (χ4n) is 2.36. The third-order valence-electron chi connectivity index (χ3n) is 3.63. The molecule has 0 unspecified atom stereocenters. The van der Waals surface area contributed by atoms with Gasteiger partial charge in [-0.15, -0.1) is 0 Å². The molecule has 0 aliphatic carbocycles.